The van der Waals surface area contributed by atoms with E-state index in [9.17, 15) is 13.2 Å². The van der Waals surface area contributed by atoms with Crippen molar-refractivity contribution in [1.29, 1.82) is 0 Å². The minimum absolute atomic E-state index is 0.0352. The van der Waals surface area contributed by atoms with Gasteiger partial charge in [-0.1, -0.05) is 68.4 Å². The lowest BCUT2D eigenvalue weighted by Gasteiger charge is -2.33. The summed E-state index contributed by atoms with van der Waals surface area (Å²) in [4.78, 5) is 27.5. The zero-order chi connectivity index (χ0) is 31.7. The van der Waals surface area contributed by atoms with E-state index in [2.05, 4.69) is 45.6 Å². The topological polar surface area (TPSA) is 105 Å². The van der Waals surface area contributed by atoms with Gasteiger partial charge in [0, 0.05) is 42.9 Å². The first kappa shape index (κ1) is 30.7. The molecule has 1 saturated heterocycles. The fraction of sp³-hybridized carbons (Fsp3) is 0.343. The van der Waals surface area contributed by atoms with E-state index in [0.717, 1.165) is 23.1 Å². The molecule has 6 rings (SSSR count). The number of hydrogen-bond donors (Lipinski definition) is 1. The molecule has 1 N–H and O–H groups in total. The van der Waals surface area contributed by atoms with Crippen molar-refractivity contribution in [1.82, 2.24) is 19.8 Å². The van der Waals surface area contributed by atoms with Gasteiger partial charge in [-0.05, 0) is 61.1 Å². The van der Waals surface area contributed by atoms with Crippen molar-refractivity contribution < 1.29 is 17.9 Å². The molecule has 10 heteroatoms. The Bertz CT molecular complexity index is 1790. The molecular formula is C35H39N5O4S. The van der Waals surface area contributed by atoms with Gasteiger partial charge < -0.3 is 9.64 Å². The number of fused-ring (bicyclic) bond motifs is 6. The van der Waals surface area contributed by atoms with Crippen LogP contribution in [-0.4, -0.2) is 65.9 Å². The number of ether oxygens (including phenoxy) is 1. The van der Waals surface area contributed by atoms with E-state index < -0.39 is 16.1 Å². The number of hydrogen-bond acceptors (Lipinski definition) is 7. The second kappa shape index (κ2) is 12.6. The predicted molar refractivity (Wildman–Crippen MR) is 175 cm³/mol. The Hall–Kier alpha value is -4.28. The lowest BCUT2D eigenvalue weighted by atomic mass is 10.00. The van der Waals surface area contributed by atoms with E-state index in [1.807, 2.05) is 55.1 Å². The van der Waals surface area contributed by atoms with Crippen LogP contribution >= 0.6 is 0 Å². The van der Waals surface area contributed by atoms with Crippen LogP contribution in [0.2, 0.25) is 0 Å². The molecule has 1 aromatic heterocycles. The fourth-order valence-electron chi connectivity index (χ4n) is 6.38. The summed E-state index contributed by atoms with van der Waals surface area (Å²) < 4.78 is 36.3. The van der Waals surface area contributed by atoms with E-state index in [4.69, 9.17) is 4.74 Å². The quantitative estimate of drug-likeness (QED) is 0.304. The van der Waals surface area contributed by atoms with Gasteiger partial charge in [0.15, 0.2) is 0 Å². The zero-order valence-corrected chi connectivity index (χ0v) is 26.9. The third-order valence-corrected chi connectivity index (χ3v) is 9.74. The second-order valence-corrected chi connectivity index (χ2v) is 14.1. The molecule has 0 unspecified atom stereocenters. The summed E-state index contributed by atoms with van der Waals surface area (Å²) in [6.45, 7) is 10.4. The summed E-state index contributed by atoms with van der Waals surface area (Å²) in [5.74, 6) is 0.317. The van der Waals surface area contributed by atoms with E-state index in [-0.39, 0.29) is 28.7 Å². The second-order valence-electron chi connectivity index (χ2n) is 12.5. The van der Waals surface area contributed by atoms with Crippen LogP contribution in [0.4, 0.5) is 5.95 Å². The molecule has 2 aliphatic heterocycles. The molecule has 45 heavy (non-hydrogen) atoms. The molecule has 2 aliphatic rings. The van der Waals surface area contributed by atoms with Gasteiger partial charge >= 0.3 is 0 Å². The Kier molecular flexibility index (Phi) is 8.61. The van der Waals surface area contributed by atoms with Gasteiger partial charge in [-0.2, -0.15) is 4.98 Å². The zero-order valence-electron chi connectivity index (χ0n) is 26.1. The van der Waals surface area contributed by atoms with Crippen molar-refractivity contribution in [3.63, 3.8) is 0 Å². The number of sulfonamides is 1. The Morgan fingerprint density at radius 2 is 1.64 bits per heavy atom. The highest BCUT2D eigenvalue weighted by Crippen LogP contribution is 2.31. The summed E-state index contributed by atoms with van der Waals surface area (Å²) in [7, 11) is -4.11. The molecule has 234 valence electrons. The Morgan fingerprint density at radius 3 is 2.38 bits per heavy atom. The number of nitrogens with one attached hydrogen (secondary N) is 1. The molecule has 1 amide bonds. The first-order valence-electron chi connectivity index (χ1n) is 15.4. The van der Waals surface area contributed by atoms with Crippen LogP contribution in [0.5, 0.6) is 5.88 Å². The largest absolute Gasteiger partial charge is 0.471 e. The first-order chi connectivity index (χ1) is 21.6. The van der Waals surface area contributed by atoms with Crippen LogP contribution in [0, 0.1) is 19.8 Å². The summed E-state index contributed by atoms with van der Waals surface area (Å²) in [5, 5.41) is 0. The van der Waals surface area contributed by atoms with Crippen molar-refractivity contribution >= 4 is 21.9 Å². The van der Waals surface area contributed by atoms with Gasteiger partial charge in [-0.15, -0.1) is 0 Å². The van der Waals surface area contributed by atoms with E-state index in [1.165, 1.54) is 17.7 Å². The van der Waals surface area contributed by atoms with Gasteiger partial charge in [0.1, 0.15) is 6.10 Å². The molecule has 1 fully saturated rings. The molecular weight excluding hydrogens is 586 g/mol. The lowest BCUT2D eigenvalue weighted by molar-refractivity contribution is 0.0681. The SMILES string of the molecule is Cc1cccc(C)c1-c1cc2nc(n1)NS(=O)(=O)c1cccc(c1)C(=O)N1C[C@H](CN(Cc3ccccc3)[C@H](CC(C)C)C1)O2. The van der Waals surface area contributed by atoms with Gasteiger partial charge in [0.05, 0.1) is 17.1 Å². The standard InChI is InChI=1S/C35H39N5O4S/c1-23(2)16-28-20-40-22-29(21-39(28)19-26-12-6-5-7-13-26)44-32-18-31(33-24(3)10-8-11-25(33)4)36-35(37-32)38-45(42,43)30-15-9-14-27(17-30)34(40)41/h5-15,17-18,23,28-29H,16,19-22H2,1-4H3,(H,36,37,38)/t28-,29+/m1/s1. The molecule has 0 spiro atoms. The highest BCUT2D eigenvalue weighted by molar-refractivity contribution is 7.92. The minimum Gasteiger partial charge on any atom is -0.471 e. The highest BCUT2D eigenvalue weighted by Gasteiger charge is 2.35. The molecule has 0 aliphatic carbocycles. The smallest absolute Gasteiger partial charge is 0.264 e. The van der Waals surface area contributed by atoms with Crippen molar-refractivity contribution in [3.8, 4) is 17.1 Å². The molecule has 3 aromatic carbocycles. The molecule has 2 atom stereocenters. The van der Waals surface area contributed by atoms with Crippen LogP contribution in [0.3, 0.4) is 0 Å². The number of carbonyl (C=O) groups excluding carboxylic acids is 1. The van der Waals surface area contributed by atoms with Crippen LogP contribution in [0.1, 0.15) is 47.3 Å². The Morgan fingerprint density at radius 1 is 0.911 bits per heavy atom. The normalized spacial score (nSPS) is 19.8. The summed E-state index contributed by atoms with van der Waals surface area (Å²) in [6, 6.07) is 24.3. The van der Waals surface area contributed by atoms with E-state index in [1.54, 1.807) is 18.2 Å². The number of anilines is 1. The van der Waals surface area contributed by atoms with Crippen LogP contribution < -0.4 is 9.46 Å². The molecule has 0 radical (unpaired) electrons. The van der Waals surface area contributed by atoms with Gasteiger partial charge in [0.25, 0.3) is 15.9 Å². The van der Waals surface area contributed by atoms with Crippen LogP contribution in [0.25, 0.3) is 11.3 Å². The number of aryl methyl sites for hydroxylation is 2. The fourth-order valence-corrected chi connectivity index (χ4v) is 7.37. The predicted octanol–water partition coefficient (Wildman–Crippen LogP) is 5.69. The maximum absolute atomic E-state index is 14.1. The summed E-state index contributed by atoms with van der Waals surface area (Å²) in [6.07, 6.45) is 0.444. The molecule has 4 aromatic rings. The van der Waals surface area contributed by atoms with Crippen LogP contribution in [0.15, 0.2) is 83.8 Å². The first-order valence-corrected chi connectivity index (χ1v) is 16.9. The molecule has 9 nitrogen and oxygen atoms in total. The third-order valence-electron chi connectivity index (χ3n) is 8.41. The average molecular weight is 626 g/mol. The van der Waals surface area contributed by atoms with Gasteiger partial charge in [0.2, 0.25) is 11.8 Å². The average Bonchev–Trinajstić information content (AvgIpc) is 3.15. The number of carbonyl (C=O) groups is 1. The van der Waals surface area contributed by atoms with Crippen LogP contribution in [-0.2, 0) is 16.6 Å². The monoisotopic (exact) mass is 625 g/mol. The highest BCUT2D eigenvalue weighted by atomic mass is 32.2. The maximum atomic E-state index is 14.1. The Balaban J connectivity index is 1.49. The summed E-state index contributed by atoms with van der Waals surface area (Å²) >= 11 is 0. The van der Waals surface area contributed by atoms with Crippen molar-refractivity contribution in [3.05, 3.63) is 101 Å². The van der Waals surface area contributed by atoms with Crippen molar-refractivity contribution in [2.24, 2.45) is 5.92 Å². The number of rotatable bonds is 5. The minimum atomic E-state index is -4.11. The number of amides is 1. The maximum Gasteiger partial charge on any atom is 0.264 e. The van der Waals surface area contributed by atoms with E-state index >= 15 is 0 Å². The molecule has 0 saturated carbocycles. The van der Waals surface area contributed by atoms with Gasteiger partial charge in [-0.25, -0.2) is 18.1 Å². The summed E-state index contributed by atoms with van der Waals surface area (Å²) in [5.41, 5.74) is 4.92. The third kappa shape index (κ3) is 6.87. The Labute approximate surface area is 265 Å². The number of aromatic nitrogens is 2. The molecule has 3 heterocycles. The van der Waals surface area contributed by atoms with Gasteiger partial charge in [-0.3, -0.25) is 9.69 Å². The number of nitrogens with zero attached hydrogens (tertiary/aromatic N) is 4. The van der Waals surface area contributed by atoms with Crippen molar-refractivity contribution in [2.75, 3.05) is 24.4 Å². The van der Waals surface area contributed by atoms with Crippen molar-refractivity contribution in [2.45, 2.75) is 57.7 Å². The lowest BCUT2D eigenvalue weighted by Crippen LogP contribution is -2.43. The number of benzene rings is 3. The molecule has 6 bridgehead atoms. The van der Waals surface area contributed by atoms with E-state index in [0.29, 0.717) is 43.4 Å².